The van der Waals surface area contributed by atoms with Crippen LogP contribution in [0.15, 0.2) is 48.5 Å². The Bertz CT molecular complexity index is 781. The van der Waals surface area contributed by atoms with Crippen LogP contribution in [0.25, 0.3) is 21.9 Å². The number of fused-ring (bicyclic) bond motifs is 1. The largest absolute Gasteiger partial charge is 0.325 e. The van der Waals surface area contributed by atoms with Gasteiger partial charge in [0, 0.05) is 28.8 Å². The van der Waals surface area contributed by atoms with Gasteiger partial charge >= 0.3 is 0 Å². The summed E-state index contributed by atoms with van der Waals surface area (Å²) in [6, 6.07) is 14.7. The third-order valence-electron chi connectivity index (χ3n) is 3.51. The molecular formula is C17H15FN2. The first kappa shape index (κ1) is 12.8. The quantitative estimate of drug-likeness (QED) is 0.766. The summed E-state index contributed by atoms with van der Waals surface area (Å²) >= 11 is 0. The maximum atomic E-state index is 14.1. The van der Waals surface area contributed by atoms with Crippen molar-refractivity contribution in [2.24, 2.45) is 5.73 Å². The van der Waals surface area contributed by atoms with Gasteiger partial charge in [0.15, 0.2) is 0 Å². The Morgan fingerprint density at radius 3 is 2.35 bits per heavy atom. The van der Waals surface area contributed by atoms with Crippen LogP contribution >= 0.6 is 0 Å². The van der Waals surface area contributed by atoms with Crippen LogP contribution < -0.4 is 5.73 Å². The molecule has 0 atom stereocenters. The molecule has 0 unspecified atom stereocenters. The normalized spacial score (nSPS) is 10.9. The van der Waals surface area contributed by atoms with Crippen LogP contribution in [0.1, 0.15) is 11.4 Å². The topological polar surface area (TPSA) is 38.9 Å². The Morgan fingerprint density at radius 1 is 1.00 bits per heavy atom. The molecule has 0 bridgehead atoms. The predicted octanol–water partition coefficient (Wildman–Crippen LogP) is 3.81. The zero-order chi connectivity index (χ0) is 14.1. The van der Waals surface area contributed by atoms with E-state index in [1.54, 1.807) is 12.1 Å². The Kier molecular flexibility index (Phi) is 3.20. The van der Waals surface area contributed by atoms with Gasteiger partial charge in [-0.1, -0.05) is 42.5 Å². The predicted molar refractivity (Wildman–Crippen MR) is 79.8 cm³/mol. The molecule has 2 N–H and O–H groups in total. The van der Waals surface area contributed by atoms with E-state index in [0.29, 0.717) is 12.1 Å². The fourth-order valence-corrected chi connectivity index (χ4v) is 2.63. The lowest BCUT2D eigenvalue weighted by molar-refractivity contribution is 0.631. The molecule has 0 radical (unpaired) electrons. The molecule has 20 heavy (non-hydrogen) atoms. The standard InChI is InChI=1S/C17H15FN2/c1-11-17(14-8-4-5-9-15(14)18)13-7-3-2-6-12(13)16(10-19)20-11/h2-9H,10,19H2,1H3. The zero-order valence-electron chi connectivity index (χ0n) is 11.2. The number of rotatable bonds is 2. The van der Waals surface area contributed by atoms with E-state index in [2.05, 4.69) is 4.98 Å². The minimum Gasteiger partial charge on any atom is -0.325 e. The van der Waals surface area contributed by atoms with Crippen molar-refractivity contribution in [1.82, 2.24) is 4.98 Å². The average molecular weight is 266 g/mol. The molecule has 0 spiro atoms. The molecule has 1 heterocycles. The molecule has 0 aliphatic heterocycles. The van der Waals surface area contributed by atoms with Crippen molar-refractivity contribution < 1.29 is 4.39 Å². The van der Waals surface area contributed by atoms with E-state index in [-0.39, 0.29) is 5.82 Å². The number of nitrogens with two attached hydrogens (primary N) is 1. The molecule has 0 amide bonds. The lowest BCUT2D eigenvalue weighted by atomic mass is 9.96. The van der Waals surface area contributed by atoms with Gasteiger partial charge in [0.05, 0.1) is 5.69 Å². The molecule has 0 saturated heterocycles. The van der Waals surface area contributed by atoms with Gasteiger partial charge in [-0.15, -0.1) is 0 Å². The van der Waals surface area contributed by atoms with Gasteiger partial charge in [-0.2, -0.15) is 0 Å². The summed E-state index contributed by atoms with van der Waals surface area (Å²) in [5.74, 6) is -0.233. The number of aryl methyl sites for hydroxylation is 1. The molecular weight excluding hydrogens is 251 g/mol. The van der Waals surface area contributed by atoms with Crippen LogP contribution in [0.2, 0.25) is 0 Å². The lowest BCUT2D eigenvalue weighted by Crippen LogP contribution is -2.04. The minimum atomic E-state index is -0.233. The number of halogens is 1. The smallest absolute Gasteiger partial charge is 0.131 e. The van der Waals surface area contributed by atoms with Gasteiger partial charge in [0.25, 0.3) is 0 Å². The molecule has 100 valence electrons. The number of pyridine rings is 1. The van der Waals surface area contributed by atoms with Gasteiger partial charge in [0.2, 0.25) is 0 Å². The van der Waals surface area contributed by atoms with E-state index in [4.69, 9.17) is 5.73 Å². The first-order valence-corrected chi connectivity index (χ1v) is 6.55. The Hall–Kier alpha value is -2.26. The molecule has 1 aromatic heterocycles. The molecule has 0 fully saturated rings. The van der Waals surface area contributed by atoms with Gasteiger partial charge in [-0.05, 0) is 18.4 Å². The van der Waals surface area contributed by atoms with Crippen molar-refractivity contribution in [2.75, 3.05) is 0 Å². The summed E-state index contributed by atoms with van der Waals surface area (Å²) in [6.45, 7) is 2.27. The van der Waals surface area contributed by atoms with Crippen LogP contribution in [0.4, 0.5) is 4.39 Å². The van der Waals surface area contributed by atoms with Gasteiger partial charge in [-0.3, -0.25) is 4.98 Å². The van der Waals surface area contributed by atoms with Crippen LogP contribution in [0.3, 0.4) is 0 Å². The first-order chi connectivity index (χ1) is 9.72. The van der Waals surface area contributed by atoms with Crippen molar-refractivity contribution in [3.63, 3.8) is 0 Å². The fourth-order valence-electron chi connectivity index (χ4n) is 2.63. The second kappa shape index (κ2) is 5.02. The third kappa shape index (κ3) is 1.96. The molecule has 0 aliphatic carbocycles. The van der Waals surface area contributed by atoms with Crippen molar-refractivity contribution >= 4 is 10.8 Å². The van der Waals surface area contributed by atoms with E-state index >= 15 is 0 Å². The highest BCUT2D eigenvalue weighted by molar-refractivity contribution is 5.98. The van der Waals surface area contributed by atoms with Crippen molar-refractivity contribution in [3.8, 4) is 11.1 Å². The first-order valence-electron chi connectivity index (χ1n) is 6.55. The van der Waals surface area contributed by atoms with Gasteiger partial charge < -0.3 is 5.73 Å². The highest BCUT2D eigenvalue weighted by Gasteiger charge is 2.14. The van der Waals surface area contributed by atoms with Crippen LogP contribution in [0, 0.1) is 12.7 Å². The van der Waals surface area contributed by atoms with Crippen LogP contribution in [-0.4, -0.2) is 4.98 Å². The van der Waals surface area contributed by atoms with E-state index < -0.39 is 0 Å². The summed E-state index contributed by atoms with van der Waals surface area (Å²) < 4.78 is 14.1. The Morgan fingerprint density at radius 2 is 1.65 bits per heavy atom. The molecule has 0 saturated carbocycles. The fraction of sp³-hybridized carbons (Fsp3) is 0.118. The van der Waals surface area contributed by atoms with Gasteiger partial charge in [-0.25, -0.2) is 4.39 Å². The summed E-state index contributed by atoms with van der Waals surface area (Å²) in [4.78, 5) is 4.55. The summed E-state index contributed by atoms with van der Waals surface area (Å²) in [7, 11) is 0. The number of nitrogens with zero attached hydrogens (tertiary/aromatic N) is 1. The van der Waals surface area contributed by atoms with E-state index in [0.717, 1.165) is 27.7 Å². The molecule has 2 nitrogen and oxygen atoms in total. The summed E-state index contributed by atoms with van der Waals surface area (Å²) in [5, 5.41) is 1.98. The molecule has 3 aromatic rings. The van der Waals surface area contributed by atoms with Crippen LogP contribution in [-0.2, 0) is 6.54 Å². The average Bonchev–Trinajstić information content (AvgIpc) is 2.48. The lowest BCUT2D eigenvalue weighted by Gasteiger charge is -2.13. The second-order valence-corrected chi connectivity index (χ2v) is 4.75. The van der Waals surface area contributed by atoms with Gasteiger partial charge in [0.1, 0.15) is 5.82 Å². The number of aromatic nitrogens is 1. The number of hydrogen-bond donors (Lipinski definition) is 1. The minimum absolute atomic E-state index is 0.233. The maximum Gasteiger partial charge on any atom is 0.131 e. The SMILES string of the molecule is Cc1nc(CN)c2ccccc2c1-c1ccccc1F. The van der Waals surface area contributed by atoms with Crippen LogP contribution in [0.5, 0.6) is 0 Å². The van der Waals surface area contributed by atoms with E-state index in [1.165, 1.54) is 6.07 Å². The highest BCUT2D eigenvalue weighted by Crippen LogP contribution is 2.33. The number of hydrogen-bond acceptors (Lipinski definition) is 2. The zero-order valence-corrected chi connectivity index (χ0v) is 11.2. The summed E-state index contributed by atoms with van der Waals surface area (Å²) in [6.07, 6.45) is 0. The number of benzene rings is 2. The van der Waals surface area contributed by atoms with Crippen molar-refractivity contribution in [2.45, 2.75) is 13.5 Å². The molecule has 3 rings (SSSR count). The molecule has 3 heteroatoms. The van der Waals surface area contributed by atoms with E-state index in [9.17, 15) is 4.39 Å². The maximum absolute atomic E-state index is 14.1. The molecule has 0 aliphatic rings. The van der Waals surface area contributed by atoms with Crippen molar-refractivity contribution in [1.29, 1.82) is 0 Å². The molecule has 2 aromatic carbocycles. The Labute approximate surface area is 117 Å². The summed E-state index contributed by atoms with van der Waals surface area (Å²) in [5.41, 5.74) is 8.84. The third-order valence-corrected chi connectivity index (χ3v) is 3.51. The van der Waals surface area contributed by atoms with E-state index in [1.807, 2.05) is 37.3 Å². The monoisotopic (exact) mass is 266 g/mol. The highest BCUT2D eigenvalue weighted by atomic mass is 19.1. The van der Waals surface area contributed by atoms with Crippen molar-refractivity contribution in [3.05, 3.63) is 65.7 Å². The Balaban J connectivity index is 2.43. The second-order valence-electron chi connectivity index (χ2n) is 4.75.